The molecule has 14 nitrogen and oxygen atoms in total. The van der Waals surface area contributed by atoms with Gasteiger partial charge in [-0.1, -0.05) is 78.3 Å². The molecule has 1 fully saturated rings. The summed E-state index contributed by atoms with van der Waals surface area (Å²) in [6, 6.07) is 27.4. The number of aryl methyl sites for hydroxylation is 2. The molecular weight excluding hydrogens is 979 g/mol. The number of nitrogens with one attached hydrogen (secondary N) is 4. The number of aromatic nitrogens is 4. The Kier molecular flexibility index (Phi) is 15.5. The third-order valence-electron chi connectivity index (χ3n) is 13.8. The van der Waals surface area contributed by atoms with E-state index in [0.717, 1.165) is 120 Å². The molecule has 16 heteroatoms. The second kappa shape index (κ2) is 21.9. The van der Waals surface area contributed by atoms with Gasteiger partial charge in [0.25, 0.3) is 11.8 Å². The Morgan fingerprint density at radius 1 is 0.632 bits per heavy atom. The van der Waals surface area contributed by atoms with E-state index >= 15 is 0 Å². The summed E-state index contributed by atoms with van der Waals surface area (Å²) in [5.41, 5.74) is 5.65. The predicted molar refractivity (Wildman–Crippen MR) is 304 cm³/mol. The molecule has 8 aromatic rings. The minimum Gasteiger partial charge on any atom is -0.491 e. The Balaban J connectivity index is 0.000000145. The Labute approximate surface area is 448 Å². The SMILES string of the molecule is CC(C)(O)COc1ccc(/C=C/B2OC(C)(C)C(C)(C)O2)cc1.CC(C)(O)COc1ccc(/C=C/c2cc3c(ccc4c5c(nc43)CCCNC5=O)c[nH]2)cc1.O=C1NCCCc2nc3c(ccc4c[nH]c(Cl)cc43)c21. The summed E-state index contributed by atoms with van der Waals surface area (Å²) in [6.07, 6.45) is 13.3. The smallest absolute Gasteiger partial charge is 0.487 e. The van der Waals surface area contributed by atoms with Crippen LogP contribution in [0.2, 0.25) is 5.15 Å². The maximum atomic E-state index is 12.6. The van der Waals surface area contributed by atoms with Gasteiger partial charge < -0.3 is 49.6 Å². The van der Waals surface area contributed by atoms with Crippen LogP contribution in [0.15, 0.2) is 103 Å². The van der Waals surface area contributed by atoms with E-state index in [-0.39, 0.29) is 43.3 Å². The van der Waals surface area contributed by atoms with Crippen LogP contribution >= 0.6 is 11.6 Å². The third kappa shape index (κ3) is 12.6. The third-order valence-corrected chi connectivity index (χ3v) is 14.0. The van der Waals surface area contributed by atoms with E-state index in [0.29, 0.717) is 18.2 Å². The highest BCUT2D eigenvalue weighted by atomic mass is 35.5. The number of hydrogen-bond acceptors (Lipinski definition) is 10. The number of carbonyl (C=O) groups excluding carboxylic acids is 2. The van der Waals surface area contributed by atoms with Crippen LogP contribution in [0.4, 0.5) is 0 Å². The van der Waals surface area contributed by atoms with E-state index in [1.54, 1.807) is 27.7 Å². The van der Waals surface area contributed by atoms with Crippen molar-refractivity contribution in [1.29, 1.82) is 0 Å². The summed E-state index contributed by atoms with van der Waals surface area (Å²) in [5, 5.41) is 31.9. The van der Waals surface area contributed by atoms with E-state index in [2.05, 4.69) is 26.7 Å². The molecule has 11 rings (SSSR count). The van der Waals surface area contributed by atoms with Crippen molar-refractivity contribution in [2.75, 3.05) is 26.3 Å². The van der Waals surface area contributed by atoms with E-state index < -0.39 is 11.2 Å². The number of rotatable bonds is 10. The van der Waals surface area contributed by atoms with Crippen molar-refractivity contribution in [1.82, 2.24) is 30.6 Å². The van der Waals surface area contributed by atoms with Gasteiger partial charge in [0.15, 0.2) is 0 Å². The number of ether oxygens (including phenoxy) is 2. The standard InChI is InChI=1S/C27H27N3O3.C18H27BO4.C15H12ClN3O/c1-27(2,32)16-33-20-10-6-17(7-11-20)5-9-19-14-22-18(15-29-19)8-12-21-24-23(30-25(21)22)4-3-13-28-26(24)31;1-16(2,20)13-21-15-9-7-14(8-10-15)11-12-19-22-17(3,4)18(5,6)23-19;16-12-6-10-8(7-18-12)3-4-9-13-11(19-14(9)10)2-1-5-17-15(13)20/h5-12,14-15,29,32H,3-4,13,16H2,1-2H3,(H,28,31);7-12,20H,13H2,1-6H3;3-4,6-7,18H,1-2,5H2,(H,17,20)/b9-5+;12-11+;. The van der Waals surface area contributed by atoms with Crippen molar-refractivity contribution in [2.24, 2.45) is 0 Å². The summed E-state index contributed by atoms with van der Waals surface area (Å²) in [7, 11) is -0.342. The van der Waals surface area contributed by atoms with Gasteiger partial charge in [0, 0.05) is 58.1 Å². The number of benzene rings is 4. The van der Waals surface area contributed by atoms with Gasteiger partial charge in [0.05, 0.1) is 56.0 Å². The number of aromatic amines is 2. The highest BCUT2D eigenvalue weighted by Gasteiger charge is 2.50. The Bertz CT molecular complexity index is 3460. The molecule has 3 aliphatic heterocycles. The second-order valence-corrected chi connectivity index (χ2v) is 22.2. The van der Waals surface area contributed by atoms with Crippen LogP contribution in [0.5, 0.6) is 11.5 Å². The highest BCUT2D eigenvalue weighted by Crippen LogP contribution is 2.38. The minimum absolute atomic E-state index is 0.0204. The molecule has 4 aromatic carbocycles. The maximum Gasteiger partial charge on any atom is 0.487 e. The maximum absolute atomic E-state index is 12.6. The van der Waals surface area contributed by atoms with Gasteiger partial charge in [-0.05, 0) is 140 Å². The molecule has 76 heavy (non-hydrogen) atoms. The van der Waals surface area contributed by atoms with Gasteiger partial charge in [0.2, 0.25) is 0 Å². The molecule has 0 atom stereocenters. The molecule has 0 radical (unpaired) electrons. The van der Waals surface area contributed by atoms with E-state index in [4.69, 9.17) is 40.4 Å². The first-order valence-corrected chi connectivity index (χ1v) is 26.2. The Morgan fingerprint density at radius 2 is 1.09 bits per heavy atom. The molecule has 1 saturated heterocycles. The van der Waals surface area contributed by atoms with E-state index in [9.17, 15) is 19.8 Å². The molecule has 0 spiro atoms. The molecule has 3 aliphatic rings. The van der Waals surface area contributed by atoms with Gasteiger partial charge in [-0.15, -0.1) is 0 Å². The number of fused-ring (bicyclic) bond motifs is 10. The van der Waals surface area contributed by atoms with Gasteiger partial charge in [-0.2, -0.15) is 0 Å². The number of H-pyrrole nitrogens is 2. The van der Waals surface area contributed by atoms with Gasteiger partial charge in [-0.3, -0.25) is 19.6 Å². The lowest BCUT2D eigenvalue weighted by Gasteiger charge is -2.32. The van der Waals surface area contributed by atoms with Crippen LogP contribution in [0.1, 0.15) is 117 Å². The number of amides is 2. The normalized spacial score (nSPS) is 16.4. The number of halogens is 1. The molecule has 0 aliphatic carbocycles. The fourth-order valence-electron chi connectivity index (χ4n) is 9.08. The Hall–Kier alpha value is -7.01. The van der Waals surface area contributed by atoms with Crippen molar-refractivity contribution < 1.29 is 38.6 Å². The molecular formula is C60H66BClN6O8. The zero-order valence-electron chi connectivity index (χ0n) is 44.4. The van der Waals surface area contributed by atoms with Crippen LogP contribution in [-0.2, 0) is 22.2 Å². The summed E-state index contributed by atoms with van der Waals surface area (Å²) in [5.74, 6) is 3.33. The van der Waals surface area contributed by atoms with Crippen LogP contribution < -0.4 is 20.1 Å². The lowest BCUT2D eigenvalue weighted by Crippen LogP contribution is -2.41. The highest BCUT2D eigenvalue weighted by molar-refractivity contribution is 6.52. The summed E-state index contributed by atoms with van der Waals surface area (Å²) in [4.78, 5) is 40.6. The van der Waals surface area contributed by atoms with E-state index in [1.165, 1.54) is 0 Å². The van der Waals surface area contributed by atoms with Crippen LogP contribution in [0.25, 0.3) is 61.6 Å². The molecule has 4 aromatic heterocycles. The summed E-state index contributed by atoms with van der Waals surface area (Å²) in [6.45, 7) is 16.9. The molecule has 7 heterocycles. The largest absolute Gasteiger partial charge is 0.491 e. The molecule has 394 valence electrons. The molecule has 6 N–H and O–H groups in total. The first-order valence-electron chi connectivity index (χ1n) is 25.8. The molecule has 0 saturated carbocycles. The average molecular weight is 1050 g/mol. The number of nitrogens with zero attached hydrogens (tertiary/aromatic N) is 2. The quantitative estimate of drug-likeness (QED) is 0.0567. The van der Waals surface area contributed by atoms with Crippen molar-refractivity contribution in [3.05, 3.63) is 148 Å². The number of aliphatic hydroxyl groups is 2. The number of pyridine rings is 2. The summed E-state index contributed by atoms with van der Waals surface area (Å²) < 4.78 is 23.0. The van der Waals surface area contributed by atoms with Crippen LogP contribution in [-0.4, -0.2) is 97.8 Å². The van der Waals surface area contributed by atoms with Gasteiger partial charge in [-0.25, -0.2) is 0 Å². The first kappa shape index (κ1) is 53.8. The van der Waals surface area contributed by atoms with Crippen molar-refractivity contribution >= 4 is 92.1 Å². The summed E-state index contributed by atoms with van der Waals surface area (Å²) >= 11 is 6.04. The zero-order chi connectivity index (χ0) is 54.0. The number of hydrogen-bond donors (Lipinski definition) is 6. The lowest BCUT2D eigenvalue weighted by atomic mass is 9.89. The minimum atomic E-state index is -0.866. The zero-order valence-corrected chi connectivity index (χ0v) is 45.2. The first-order chi connectivity index (χ1) is 36.1. The topological polar surface area (TPSA) is 193 Å². The average Bonchev–Trinajstić information content (AvgIpc) is 3.93. The Morgan fingerprint density at radius 3 is 1.58 bits per heavy atom. The van der Waals surface area contributed by atoms with Gasteiger partial charge >= 0.3 is 7.12 Å². The number of carbonyl (C=O) groups is 2. The predicted octanol–water partition coefficient (Wildman–Crippen LogP) is 11.2. The fourth-order valence-corrected chi connectivity index (χ4v) is 9.25. The van der Waals surface area contributed by atoms with Crippen molar-refractivity contribution in [3.63, 3.8) is 0 Å². The van der Waals surface area contributed by atoms with Crippen molar-refractivity contribution in [2.45, 2.75) is 103 Å². The molecule has 0 unspecified atom stereocenters. The van der Waals surface area contributed by atoms with Gasteiger partial charge in [0.1, 0.15) is 29.9 Å². The van der Waals surface area contributed by atoms with Crippen LogP contribution in [0, 0.1) is 0 Å². The fraction of sp³-hybridized carbons (Fsp3) is 0.333. The lowest BCUT2D eigenvalue weighted by molar-refractivity contribution is 0.00578. The molecule has 0 bridgehead atoms. The van der Waals surface area contributed by atoms with Crippen LogP contribution in [0.3, 0.4) is 0 Å². The monoisotopic (exact) mass is 1040 g/mol. The van der Waals surface area contributed by atoms with E-state index in [1.807, 2.05) is 143 Å². The second-order valence-electron chi connectivity index (χ2n) is 21.8. The van der Waals surface area contributed by atoms with Crippen molar-refractivity contribution in [3.8, 4) is 11.5 Å². The molecule has 2 amide bonds.